The van der Waals surface area contributed by atoms with Crippen LogP contribution in [-0.2, 0) is 5.41 Å². The maximum atomic E-state index is 2.48. The third-order valence-corrected chi connectivity index (χ3v) is 12.7. The third-order valence-electron chi connectivity index (χ3n) is 12.7. The fraction of sp³-hybridized carbons (Fsp3) is 0.0588. The van der Waals surface area contributed by atoms with Crippen LogP contribution in [0.3, 0.4) is 0 Å². The number of anilines is 6. The van der Waals surface area contributed by atoms with E-state index in [0.29, 0.717) is 0 Å². The fourth-order valence-corrected chi connectivity index (χ4v) is 10.4. The normalized spacial score (nSPS) is 14.4. The van der Waals surface area contributed by atoms with Crippen LogP contribution in [0.2, 0.25) is 0 Å². The van der Waals surface area contributed by atoms with Crippen molar-refractivity contribution < 1.29 is 0 Å². The average molecular weight is 703 g/mol. The molecule has 2 aliphatic heterocycles. The second-order valence-corrected chi connectivity index (χ2v) is 15.8. The highest BCUT2D eigenvalue weighted by molar-refractivity contribution is 6.18. The lowest BCUT2D eigenvalue weighted by Crippen LogP contribution is -2.20. The van der Waals surface area contributed by atoms with Gasteiger partial charge in [-0.3, -0.25) is 0 Å². The van der Waals surface area contributed by atoms with Gasteiger partial charge < -0.3 is 18.9 Å². The highest BCUT2D eigenvalue weighted by Crippen LogP contribution is 2.56. The largest absolute Gasteiger partial charge is 0.306 e. The number of hydrogen-bond donors (Lipinski definition) is 0. The van der Waals surface area contributed by atoms with Crippen molar-refractivity contribution in [2.75, 3.05) is 9.80 Å². The number of rotatable bonds is 2. The summed E-state index contributed by atoms with van der Waals surface area (Å²) in [5.41, 5.74) is 19.7. The molecule has 0 bridgehead atoms. The van der Waals surface area contributed by atoms with Crippen LogP contribution in [0.25, 0.3) is 66.1 Å². The summed E-state index contributed by atoms with van der Waals surface area (Å²) in [4.78, 5) is 4.96. The van der Waals surface area contributed by atoms with Gasteiger partial charge in [0.25, 0.3) is 0 Å². The van der Waals surface area contributed by atoms with Gasteiger partial charge in [0.05, 0.1) is 56.2 Å². The molecule has 0 unspecified atom stereocenters. The number of nitrogens with zero attached hydrogens (tertiary/aromatic N) is 4. The van der Waals surface area contributed by atoms with Crippen molar-refractivity contribution in [1.29, 1.82) is 0 Å². The van der Waals surface area contributed by atoms with Crippen LogP contribution in [-0.4, -0.2) is 9.13 Å². The minimum atomic E-state index is -0.219. The first-order valence-corrected chi connectivity index (χ1v) is 19.2. The summed E-state index contributed by atoms with van der Waals surface area (Å²) in [6.07, 6.45) is 0. The number of hydrogen-bond acceptors (Lipinski definition) is 2. The quantitative estimate of drug-likeness (QED) is 0.178. The number of aromatic nitrogens is 2. The van der Waals surface area contributed by atoms with Crippen LogP contribution in [0, 0.1) is 0 Å². The summed E-state index contributed by atoms with van der Waals surface area (Å²) in [6.45, 7) is 4.80. The summed E-state index contributed by atoms with van der Waals surface area (Å²) < 4.78 is 4.92. The first-order chi connectivity index (χ1) is 27.1. The van der Waals surface area contributed by atoms with Gasteiger partial charge in [-0.25, -0.2) is 0 Å². The van der Waals surface area contributed by atoms with Crippen molar-refractivity contribution in [3.63, 3.8) is 0 Å². The molecule has 1 aliphatic carbocycles. The van der Waals surface area contributed by atoms with Gasteiger partial charge in [0.15, 0.2) is 0 Å². The van der Waals surface area contributed by atoms with Gasteiger partial charge in [-0.05, 0) is 95.1 Å². The first-order valence-electron chi connectivity index (χ1n) is 19.2. The lowest BCUT2D eigenvalue weighted by molar-refractivity contribution is 0.660. The molecule has 258 valence electrons. The molecule has 0 saturated carbocycles. The van der Waals surface area contributed by atoms with Gasteiger partial charge in [-0.2, -0.15) is 0 Å². The Labute approximate surface area is 318 Å². The lowest BCUT2D eigenvalue weighted by Gasteiger charge is -2.34. The Kier molecular flexibility index (Phi) is 5.42. The summed E-state index contributed by atoms with van der Waals surface area (Å²) >= 11 is 0. The number of para-hydroxylation sites is 8. The molecule has 2 aromatic heterocycles. The zero-order chi connectivity index (χ0) is 36.2. The first kappa shape index (κ1) is 29.4. The average Bonchev–Trinajstić information content (AvgIpc) is 3.83. The van der Waals surface area contributed by atoms with Gasteiger partial charge in [0.1, 0.15) is 0 Å². The molecule has 4 heterocycles. The van der Waals surface area contributed by atoms with Crippen molar-refractivity contribution in [3.05, 3.63) is 181 Å². The third kappa shape index (κ3) is 3.57. The zero-order valence-corrected chi connectivity index (χ0v) is 30.5. The summed E-state index contributed by atoms with van der Waals surface area (Å²) in [7, 11) is 0. The highest BCUT2D eigenvalue weighted by Gasteiger charge is 2.38. The van der Waals surface area contributed by atoms with Crippen LogP contribution in [0.15, 0.2) is 170 Å². The van der Waals surface area contributed by atoms with Crippen LogP contribution in [0.5, 0.6) is 0 Å². The van der Waals surface area contributed by atoms with Crippen molar-refractivity contribution in [3.8, 4) is 22.5 Å². The van der Waals surface area contributed by atoms with Crippen LogP contribution >= 0.6 is 0 Å². The summed E-state index contributed by atoms with van der Waals surface area (Å²) in [6, 6.07) is 63.1. The fourth-order valence-electron chi connectivity index (χ4n) is 10.4. The Morgan fingerprint density at radius 2 is 0.727 bits per heavy atom. The van der Waals surface area contributed by atoms with Crippen LogP contribution < -0.4 is 9.80 Å². The molecule has 0 fully saturated rings. The second-order valence-electron chi connectivity index (χ2n) is 15.8. The lowest BCUT2D eigenvalue weighted by atomic mass is 9.82. The predicted molar refractivity (Wildman–Crippen MR) is 229 cm³/mol. The molecule has 13 rings (SSSR count). The van der Waals surface area contributed by atoms with Crippen molar-refractivity contribution in [2.24, 2.45) is 0 Å². The van der Waals surface area contributed by atoms with Gasteiger partial charge in [-0.15, -0.1) is 0 Å². The van der Waals surface area contributed by atoms with Crippen molar-refractivity contribution in [1.82, 2.24) is 9.13 Å². The number of benzene rings is 8. The van der Waals surface area contributed by atoms with Crippen LogP contribution in [0.1, 0.15) is 25.0 Å². The molecule has 10 aromatic rings. The van der Waals surface area contributed by atoms with Gasteiger partial charge in [-0.1, -0.05) is 111 Å². The molecular weight excluding hydrogens is 669 g/mol. The van der Waals surface area contributed by atoms with E-state index in [9.17, 15) is 0 Å². The molecule has 0 atom stereocenters. The Hall–Kier alpha value is -7.04. The van der Waals surface area contributed by atoms with Crippen molar-refractivity contribution >= 4 is 77.7 Å². The highest BCUT2D eigenvalue weighted by atomic mass is 15.2. The van der Waals surface area contributed by atoms with E-state index in [0.717, 1.165) is 0 Å². The molecule has 0 amide bonds. The predicted octanol–water partition coefficient (Wildman–Crippen LogP) is 13.8. The van der Waals surface area contributed by atoms with Crippen molar-refractivity contribution in [2.45, 2.75) is 19.3 Å². The summed E-state index contributed by atoms with van der Waals surface area (Å²) in [5, 5.41) is 5.13. The Morgan fingerprint density at radius 1 is 0.345 bits per heavy atom. The molecule has 4 nitrogen and oxygen atoms in total. The monoisotopic (exact) mass is 702 g/mol. The van der Waals surface area contributed by atoms with E-state index in [1.807, 2.05) is 0 Å². The minimum Gasteiger partial charge on any atom is -0.306 e. The molecule has 0 saturated heterocycles. The van der Waals surface area contributed by atoms with Gasteiger partial charge in [0.2, 0.25) is 0 Å². The van der Waals surface area contributed by atoms with E-state index < -0.39 is 0 Å². The molecule has 3 aliphatic rings. The van der Waals surface area contributed by atoms with E-state index in [1.54, 1.807) is 0 Å². The van der Waals surface area contributed by atoms with Crippen LogP contribution in [0.4, 0.5) is 34.1 Å². The standard InChI is InChI=1S/C51H34N4/c1-51(2)39-29-31(52-43-19-7-9-21-45(43)54-41-17-5-3-13-35(41)37-15-11-23-47(52)49(37)54)25-27-33(39)34-28-26-32(30-40(34)51)53-44-20-8-10-22-46(44)55-42-18-6-4-14-36(42)38-16-12-24-48(53)50(38)55/h3-30H,1-2H3. The maximum Gasteiger partial charge on any atom is 0.0783 e. The Morgan fingerprint density at radius 3 is 1.20 bits per heavy atom. The van der Waals surface area contributed by atoms with Gasteiger partial charge in [0, 0.05) is 38.3 Å². The van der Waals surface area contributed by atoms with Gasteiger partial charge >= 0.3 is 0 Å². The van der Waals surface area contributed by atoms with E-state index in [4.69, 9.17) is 0 Å². The minimum absolute atomic E-state index is 0.219. The molecule has 0 radical (unpaired) electrons. The summed E-state index contributed by atoms with van der Waals surface area (Å²) in [5.74, 6) is 0. The smallest absolute Gasteiger partial charge is 0.0783 e. The number of fused-ring (bicyclic) bond motifs is 13. The molecule has 8 aromatic carbocycles. The van der Waals surface area contributed by atoms with E-state index in [2.05, 4.69) is 203 Å². The molecule has 4 heteroatoms. The SMILES string of the molecule is CC1(C)c2cc(N3c4ccccc4-n4c5ccccc5c5cccc3c54)ccc2-c2ccc(N3c4ccccc4-n4c5ccccc5c5cccc3c54)cc21. The molecular formula is C51H34N4. The van der Waals surface area contributed by atoms with E-state index >= 15 is 0 Å². The molecule has 55 heavy (non-hydrogen) atoms. The zero-order valence-electron chi connectivity index (χ0n) is 30.5. The van der Waals surface area contributed by atoms with E-state index in [-0.39, 0.29) is 5.41 Å². The molecule has 0 N–H and O–H groups in total. The maximum absolute atomic E-state index is 2.48. The second kappa shape index (κ2) is 10.1. The molecule has 0 spiro atoms. The topological polar surface area (TPSA) is 16.3 Å². The van der Waals surface area contributed by atoms with E-state index in [1.165, 1.54) is 111 Å². The Balaban J connectivity index is 0.981. The Bertz CT molecular complexity index is 3100.